The summed E-state index contributed by atoms with van der Waals surface area (Å²) in [6.07, 6.45) is 0. The van der Waals surface area contributed by atoms with Gasteiger partial charge in [0.1, 0.15) is 16.7 Å². The van der Waals surface area contributed by atoms with E-state index in [1.807, 2.05) is 17.2 Å². The lowest BCUT2D eigenvalue weighted by atomic mass is 10.1. The number of thiazole rings is 1. The molecule has 0 spiro atoms. The SMILES string of the molecule is Cc1csc(CN2Cc3ccc(F)cc3C2=N)n1. The first-order valence-corrected chi connectivity index (χ1v) is 6.55. The predicted molar refractivity (Wildman–Crippen MR) is 69.3 cm³/mol. The normalized spacial score (nSPS) is 14.1. The number of fused-ring (bicyclic) bond motifs is 1. The molecule has 0 radical (unpaired) electrons. The number of rotatable bonds is 2. The van der Waals surface area contributed by atoms with Crippen LogP contribution in [0.5, 0.6) is 0 Å². The highest BCUT2D eigenvalue weighted by Gasteiger charge is 2.25. The minimum absolute atomic E-state index is 0.287. The van der Waals surface area contributed by atoms with Crippen LogP contribution in [-0.4, -0.2) is 15.7 Å². The van der Waals surface area contributed by atoms with Crippen LogP contribution in [-0.2, 0) is 13.1 Å². The summed E-state index contributed by atoms with van der Waals surface area (Å²) in [4.78, 5) is 6.31. The Hall–Kier alpha value is -1.75. The third-order valence-electron chi connectivity index (χ3n) is 3.00. The van der Waals surface area contributed by atoms with Gasteiger partial charge in [-0.05, 0) is 24.6 Å². The van der Waals surface area contributed by atoms with Gasteiger partial charge in [0.15, 0.2) is 0 Å². The molecule has 92 valence electrons. The Kier molecular flexibility index (Phi) is 2.63. The van der Waals surface area contributed by atoms with E-state index in [4.69, 9.17) is 5.41 Å². The van der Waals surface area contributed by atoms with Gasteiger partial charge in [0.2, 0.25) is 0 Å². The number of amidine groups is 1. The van der Waals surface area contributed by atoms with Gasteiger partial charge in [0.05, 0.1) is 6.54 Å². The third-order valence-corrected chi connectivity index (χ3v) is 3.95. The zero-order valence-corrected chi connectivity index (χ0v) is 10.7. The monoisotopic (exact) mass is 261 g/mol. The van der Waals surface area contributed by atoms with Crippen molar-refractivity contribution in [3.63, 3.8) is 0 Å². The van der Waals surface area contributed by atoms with Crippen LogP contribution < -0.4 is 0 Å². The molecule has 0 saturated carbocycles. The van der Waals surface area contributed by atoms with Crippen molar-refractivity contribution in [1.29, 1.82) is 5.41 Å². The van der Waals surface area contributed by atoms with E-state index >= 15 is 0 Å². The highest BCUT2D eigenvalue weighted by Crippen LogP contribution is 2.25. The van der Waals surface area contributed by atoms with Crippen molar-refractivity contribution in [2.24, 2.45) is 0 Å². The van der Waals surface area contributed by atoms with Crippen LogP contribution in [0.4, 0.5) is 4.39 Å². The number of aryl methyl sites for hydroxylation is 1. The molecule has 3 nitrogen and oxygen atoms in total. The number of benzene rings is 1. The van der Waals surface area contributed by atoms with E-state index in [1.54, 1.807) is 17.4 Å². The Labute approximate surface area is 108 Å². The molecule has 0 fully saturated rings. The largest absolute Gasteiger partial charge is 0.345 e. The molecule has 18 heavy (non-hydrogen) atoms. The number of hydrogen-bond donors (Lipinski definition) is 1. The summed E-state index contributed by atoms with van der Waals surface area (Å²) in [6, 6.07) is 4.64. The lowest BCUT2D eigenvalue weighted by Gasteiger charge is -2.15. The molecule has 0 bridgehead atoms. The molecule has 1 aromatic heterocycles. The fourth-order valence-corrected chi connectivity index (χ4v) is 2.92. The molecule has 1 aliphatic rings. The second-order valence-corrected chi connectivity index (χ2v) is 5.33. The number of nitrogens with one attached hydrogen (secondary N) is 1. The summed E-state index contributed by atoms with van der Waals surface area (Å²) >= 11 is 1.60. The van der Waals surface area contributed by atoms with Crippen molar-refractivity contribution >= 4 is 17.2 Å². The van der Waals surface area contributed by atoms with E-state index in [0.29, 0.717) is 24.5 Å². The lowest BCUT2D eigenvalue weighted by molar-refractivity contribution is 0.421. The molecule has 5 heteroatoms. The molecular weight excluding hydrogens is 249 g/mol. The van der Waals surface area contributed by atoms with Gasteiger partial charge in [-0.3, -0.25) is 5.41 Å². The van der Waals surface area contributed by atoms with Crippen molar-refractivity contribution < 1.29 is 4.39 Å². The molecule has 0 unspecified atom stereocenters. The van der Waals surface area contributed by atoms with Crippen molar-refractivity contribution in [3.05, 3.63) is 51.2 Å². The highest BCUT2D eigenvalue weighted by atomic mass is 32.1. The molecule has 0 amide bonds. The van der Waals surface area contributed by atoms with Gasteiger partial charge in [0, 0.05) is 23.2 Å². The number of nitrogens with zero attached hydrogens (tertiary/aromatic N) is 2. The maximum atomic E-state index is 13.2. The molecule has 0 aliphatic carbocycles. The van der Waals surface area contributed by atoms with Gasteiger partial charge in [-0.25, -0.2) is 9.37 Å². The van der Waals surface area contributed by atoms with Gasteiger partial charge < -0.3 is 4.90 Å². The van der Waals surface area contributed by atoms with Gasteiger partial charge >= 0.3 is 0 Å². The summed E-state index contributed by atoms with van der Waals surface area (Å²) in [5, 5.41) is 11.1. The zero-order valence-electron chi connectivity index (χ0n) is 9.90. The van der Waals surface area contributed by atoms with Gasteiger partial charge in [0.25, 0.3) is 0 Å². The molecule has 2 aromatic rings. The molecule has 1 N–H and O–H groups in total. The maximum absolute atomic E-state index is 13.2. The minimum Gasteiger partial charge on any atom is -0.345 e. The van der Waals surface area contributed by atoms with E-state index in [1.165, 1.54) is 12.1 Å². The topological polar surface area (TPSA) is 40.0 Å². The molecule has 2 heterocycles. The van der Waals surface area contributed by atoms with Crippen LogP contribution in [0.15, 0.2) is 23.6 Å². The second-order valence-electron chi connectivity index (χ2n) is 4.39. The Morgan fingerprint density at radius 2 is 2.33 bits per heavy atom. The average molecular weight is 261 g/mol. The number of hydrogen-bond acceptors (Lipinski definition) is 3. The van der Waals surface area contributed by atoms with Crippen molar-refractivity contribution in [1.82, 2.24) is 9.88 Å². The van der Waals surface area contributed by atoms with Gasteiger partial charge in [-0.1, -0.05) is 6.07 Å². The molecule has 1 aliphatic heterocycles. The van der Waals surface area contributed by atoms with Crippen LogP contribution in [0.2, 0.25) is 0 Å². The van der Waals surface area contributed by atoms with Crippen LogP contribution in [0.1, 0.15) is 21.8 Å². The van der Waals surface area contributed by atoms with Crippen LogP contribution in [0.25, 0.3) is 0 Å². The molecular formula is C13H12FN3S. The van der Waals surface area contributed by atoms with E-state index in [2.05, 4.69) is 4.98 Å². The summed E-state index contributed by atoms with van der Waals surface area (Å²) in [7, 11) is 0. The Balaban J connectivity index is 1.84. The summed E-state index contributed by atoms with van der Waals surface area (Å²) in [5.74, 6) is 0.0998. The Morgan fingerprint density at radius 1 is 1.50 bits per heavy atom. The van der Waals surface area contributed by atoms with E-state index in [9.17, 15) is 4.39 Å². The van der Waals surface area contributed by atoms with Gasteiger partial charge in [-0.2, -0.15) is 0 Å². The van der Waals surface area contributed by atoms with Crippen LogP contribution in [0, 0.1) is 18.2 Å². The summed E-state index contributed by atoms with van der Waals surface area (Å²) in [6.45, 7) is 3.24. The minimum atomic E-state index is -0.287. The smallest absolute Gasteiger partial charge is 0.129 e. The average Bonchev–Trinajstić information content (AvgIpc) is 2.86. The van der Waals surface area contributed by atoms with E-state index in [-0.39, 0.29) is 5.82 Å². The van der Waals surface area contributed by atoms with Crippen molar-refractivity contribution in [2.45, 2.75) is 20.0 Å². The predicted octanol–water partition coefficient (Wildman–Crippen LogP) is 2.93. The summed E-state index contributed by atoms with van der Waals surface area (Å²) < 4.78 is 13.2. The molecule has 0 saturated heterocycles. The highest BCUT2D eigenvalue weighted by molar-refractivity contribution is 7.09. The van der Waals surface area contributed by atoms with Crippen molar-refractivity contribution in [3.8, 4) is 0 Å². The third kappa shape index (κ3) is 1.90. The van der Waals surface area contributed by atoms with Crippen LogP contribution >= 0.6 is 11.3 Å². The quantitative estimate of drug-likeness (QED) is 0.903. The van der Waals surface area contributed by atoms with E-state index < -0.39 is 0 Å². The molecule has 0 atom stereocenters. The first-order valence-electron chi connectivity index (χ1n) is 5.67. The van der Waals surface area contributed by atoms with Gasteiger partial charge in [-0.15, -0.1) is 11.3 Å². The standard InChI is InChI=1S/C13H12FN3S/c1-8-7-18-12(16-8)6-17-5-9-2-3-10(14)4-11(9)13(17)15/h2-4,7,15H,5-6H2,1H3. The first-order chi connectivity index (χ1) is 8.63. The molecule has 3 rings (SSSR count). The zero-order chi connectivity index (χ0) is 12.7. The number of aromatic nitrogens is 1. The van der Waals surface area contributed by atoms with Crippen LogP contribution in [0.3, 0.4) is 0 Å². The first kappa shape index (κ1) is 11.3. The molecule has 1 aromatic carbocycles. The fraction of sp³-hybridized carbons (Fsp3) is 0.231. The maximum Gasteiger partial charge on any atom is 0.129 e. The fourth-order valence-electron chi connectivity index (χ4n) is 2.14. The van der Waals surface area contributed by atoms with E-state index in [0.717, 1.165) is 16.3 Å². The lowest BCUT2D eigenvalue weighted by Crippen LogP contribution is -2.23. The second kappa shape index (κ2) is 4.17. The number of halogens is 1. The Morgan fingerprint density at radius 3 is 3.06 bits per heavy atom. The van der Waals surface area contributed by atoms with Crippen molar-refractivity contribution in [2.75, 3.05) is 0 Å². The summed E-state index contributed by atoms with van der Waals surface area (Å²) in [5.41, 5.74) is 2.71. The Bertz CT molecular complexity index is 620.